The second-order valence-electron chi connectivity index (χ2n) is 2.29. The number of nitrogen functional groups attached to an aromatic ring is 1. The summed E-state index contributed by atoms with van der Waals surface area (Å²) in [6.45, 7) is 0. The molecule has 0 fully saturated rings. The lowest BCUT2D eigenvalue weighted by atomic mass is 10.2. The van der Waals surface area contributed by atoms with Crippen molar-refractivity contribution in [2.24, 2.45) is 0 Å². The molecule has 2 nitrogen and oxygen atoms in total. The minimum Gasteiger partial charge on any atom is -0.394 e. The van der Waals surface area contributed by atoms with Crippen molar-refractivity contribution in [1.82, 2.24) is 0 Å². The fourth-order valence-electron chi connectivity index (χ4n) is 0.868. The van der Waals surface area contributed by atoms with Gasteiger partial charge in [0.25, 0.3) is 0 Å². The lowest BCUT2D eigenvalue weighted by molar-refractivity contribution is 0.465. The van der Waals surface area contributed by atoms with E-state index in [-0.39, 0.29) is 0 Å². The smallest absolute Gasteiger partial charge is 0.187 e. The third kappa shape index (κ3) is 1.28. The molecule has 1 aromatic rings. The van der Waals surface area contributed by atoms with Gasteiger partial charge >= 0.3 is 0 Å². The van der Waals surface area contributed by atoms with Gasteiger partial charge in [-0.25, -0.2) is 17.6 Å². The first-order valence-corrected chi connectivity index (χ1v) is 3.29. The maximum absolute atomic E-state index is 12.8. The largest absolute Gasteiger partial charge is 0.394 e. The molecule has 0 heterocycles. The van der Waals surface area contributed by atoms with E-state index in [0.717, 1.165) is 7.05 Å². The van der Waals surface area contributed by atoms with E-state index in [4.69, 9.17) is 5.73 Å². The highest BCUT2D eigenvalue weighted by molar-refractivity contribution is 5.55. The Labute approximate surface area is 71.3 Å². The van der Waals surface area contributed by atoms with Crippen molar-refractivity contribution >= 4 is 11.4 Å². The Morgan fingerprint density at radius 3 is 1.62 bits per heavy atom. The molecule has 6 heteroatoms. The maximum Gasteiger partial charge on any atom is 0.187 e. The quantitative estimate of drug-likeness (QED) is 0.407. The summed E-state index contributed by atoms with van der Waals surface area (Å²) in [5.74, 6) is -6.25. The van der Waals surface area contributed by atoms with Crippen LogP contribution in [0.3, 0.4) is 0 Å². The van der Waals surface area contributed by atoms with Crippen LogP contribution in [0, 0.1) is 23.3 Å². The Morgan fingerprint density at radius 1 is 0.923 bits per heavy atom. The summed E-state index contributed by atoms with van der Waals surface area (Å²) in [5, 5.41) is 1.99. The Bertz CT molecular complexity index is 322. The van der Waals surface area contributed by atoms with Crippen molar-refractivity contribution in [3.05, 3.63) is 23.3 Å². The van der Waals surface area contributed by atoms with E-state index in [1.807, 2.05) is 5.32 Å². The van der Waals surface area contributed by atoms with Gasteiger partial charge in [0, 0.05) is 7.05 Å². The highest BCUT2D eigenvalue weighted by atomic mass is 19.2. The Morgan fingerprint density at radius 2 is 1.31 bits per heavy atom. The Hall–Kier alpha value is -1.46. The molecular formula is C7H6F4N2. The molecule has 0 aliphatic heterocycles. The van der Waals surface area contributed by atoms with Crippen LogP contribution in [-0.2, 0) is 0 Å². The van der Waals surface area contributed by atoms with Crippen LogP contribution in [0.15, 0.2) is 0 Å². The lowest BCUT2D eigenvalue weighted by Crippen LogP contribution is -2.07. The molecule has 0 bridgehead atoms. The molecule has 0 radical (unpaired) electrons. The van der Waals surface area contributed by atoms with Gasteiger partial charge in [-0.15, -0.1) is 0 Å². The summed E-state index contributed by atoms with van der Waals surface area (Å²) in [7, 11) is 1.14. The Kier molecular flexibility index (Phi) is 2.31. The van der Waals surface area contributed by atoms with Gasteiger partial charge < -0.3 is 11.1 Å². The average Bonchev–Trinajstić information content (AvgIpc) is 2.13. The van der Waals surface area contributed by atoms with E-state index >= 15 is 0 Å². The summed E-state index contributed by atoms with van der Waals surface area (Å²) < 4.78 is 50.9. The highest BCUT2D eigenvalue weighted by Gasteiger charge is 2.22. The van der Waals surface area contributed by atoms with Gasteiger partial charge in [0.15, 0.2) is 23.3 Å². The van der Waals surface area contributed by atoms with Crippen LogP contribution >= 0.6 is 0 Å². The number of rotatable bonds is 1. The van der Waals surface area contributed by atoms with E-state index in [2.05, 4.69) is 0 Å². The van der Waals surface area contributed by atoms with Gasteiger partial charge in [0.05, 0.1) is 0 Å². The first-order chi connectivity index (χ1) is 6.00. The van der Waals surface area contributed by atoms with Crippen molar-refractivity contribution in [2.75, 3.05) is 18.1 Å². The highest BCUT2D eigenvalue weighted by Crippen LogP contribution is 2.28. The first kappa shape index (κ1) is 9.63. The molecule has 3 N–H and O–H groups in total. The van der Waals surface area contributed by atoms with Crippen LogP contribution in [0.5, 0.6) is 0 Å². The molecule has 1 aromatic carbocycles. The second-order valence-corrected chi connectivity index (χ2v) is 2.29. The molecule has 0 saturated heterocycles. The fourth-order valence-corrected chi connectivity index (χ4v) is 0.868. The molecule has 72 valence electrons. The summed E-state index contributed by atoms with van der Waals surface area (Å²) in [6.07, 6.45) is 0. The molecule has 1 rings (SSSR count). The van der Waals surface area contributed by atoms with Gasteiger partial charge in [-0.2, -0.15) is 0 Å². The number of benzene rings is 1. The molecule has 0 saturated carbocycles. The number of hydrogen-bond donors (Lipinski definition) is 2. The third-order valence-corrected chi connectivity index (χ3v) is 1.55. The van der Waals surface area contributed by atoms with Crippen LogP contribution in [0.1, 0.15) is 0 Å². The summed E-state index contributed by atoms with van der Waals surface area (Å²) >= 11 is 0. The molecule has 0 unspecified atom stereocenters. The number of anilines is 2. The van der Waals surface area contributed by atoms with Gasteiger partial charge in [-0.1, -0.05) is 0 Å². The van der Waals surface area contributed by atoms with Crippen LogP contribution in [0.25, 0.3) is 0 Å². The van der Waals surface area contributed by atoms with Crippen molar-refractivity contribution in [2.45, 2.75) is 0 Å². The predicted octanol–water partition coefficient (Wildman–Crippen LogP) is 1.87. The standard InChI is InChI=1S/C7H6F4N2/c1-13-7-4(10)2(8)6(12)3(9)5(7)11/h13H,12H2,1H3. The molecule has 0 aromatic heterocycles. The molecule has 13 heavy (non-hydrogen) atoms. The minimum atomic E-state index is -1.59. The van der Waals surface area contributed by atoms with Crippen molar-refractivity contribution in [3.8, 4) is 0 Å². The molecule has 0 aliphatic carbocycles. The van der Waals surface area contributed by atoms with Gasteiger partial charge in [-0.3, -0.25) is 0 Å². The molecular weight excluding hydrogens is 188 g/mol. The van der Waals surface area contributed by atoms with Gasteiger partial charge in [0.1, 0.15) is 11.4 Å². The van der Waals surface area contributed by atoms with Crippen molar-refractivity contribution in [3.63, 3.8) is 0 Å². The molecule has 0 aliphatic rings. The van der Waals surface area contributed by atoms with E-state index in [9.17, 15) is 17.6 Å². The first-order valence-electron chi connectivity index (χ1n) is 3.29. The minimum absolute atomic E-state index is 0.871. The molecule has 0 spiro atoms. The fraction of sp³-hybridized carbons (Fsp3) is 0.143. The van der Waals surface area contributed by atoms with E-state index in [1.165, 1.54) is 0 Å². The SMILES string of the molecule is CNc1c(F)c(F)c(N)c(F)c1F. The van der Waals surface area contributed by atoms with E-state index in [0.29, 0.717) is 0 Å². The topological polar surface area (TPSA) is 38.0 Å². The maximum atomic E-state index is 12.8. The number of hydrogen-bond acceptors (Lipinski definition) is 2. The van der Waals surface area contributed by atoms with E-state index in [1.54, 1.807) is 0 Å². The summed E-state index contributed by atoms with van der Waals surface area (Å²) in [4.78, 5) is 0. The lowest BCUT2D eigenvalue weighted by Gasteiger charge is -2.07. The van der Waals surface area contributed by atoms with Crippen LogP contribution < -0.4 is 11.1 Å². The van der Waals surface area contributed by atoms with Crippen molar-refractivity contribution in [1.29, 1.82) is 0 Å². The van der Waals surface area contributed by atoms with E-state index < -0.39 is 34.6 Å². The zero-order valence-electron chi connectivity index (χ0n) is 6.59. The van der Waals surface area contributed by atoms with Gasteiger partial charge in [0.2, 0.25) is 0 Å². The predicted molar refractivity (Wildman–Crippen MR) is 40.2 cm³/mol. The third-order valence-electron chi connectivity index (χ3n) is 1.55. The van der Waals surface area contributed by atoms with Gasteiger partial charge in [-0.05, 0) is 0 Å². The monoisotopic (exact) mass is 194 g/mol. The summed E-state index contributed by atoms with van der Waals surface area (Å²) in [6, 6.07) is 0. The normalized spacial score (nSPS) is 10.2. The zero-order valence-corrected chi connectivity index (χ0v) is 6.59. The molecule has 0 atom stereocenters. The van der Waals surface area contributed by atoms with Crippen molar-refractivity contribution < 1.29 is 17.6 Å². The van der Waals surface area contributed by atoms with Crippen LogP contribution in [-0.4, -0.2) is 7.05 Å². The summed E-state index contributed by atoms with van der Waals surface area (Å²) in [5.41, 5.74) is 2.72. The van der Waals surface area contributed by atoms with Crippen LogP contribution in [0.4, 0.5) is 28.9 Å². The Balaban J connectivity index is 3.56. The molecule has 0 amide bonds. The second kappa shape index (κ2) is 3.12. The average molecular weight is 194 g/mol. The number of nitrogens with one attached hydrogen (secondary N) is 1. The number of nitrogens with two attached hydrogens (primary N) is 1. The zero-order chi connectivity index (χ0) is 10.2. The number of halogens is 4. The van der Waals surface area contributed by atoms with Crippen LogP contribution in [0.2, 0.25) is 0 Å².